The second kappa shape index (κ2) is 7.27. The number of rotatable bonds is 6. The molecule has 1 aliphatic rings. The maximum absolute atomic E-state index is 3.63. The predicted octanol–water partition coefficient (Wildman–Crippen LogP) is 3.06. The van der Waals surface area contributed by atoms with E-state index >= 15 is 0 Å². The molecule has 2 nitrogen and oxygen atoms in total. The lowest BCUT2D eigenvalue weighted by Crippen LogP contribution is -2.37. The molecule has 1 aliphatic heterocycles. The van der Waals surface area contributed by atoms with E-state index in [1.807, 2.05) is 11.3 Å². The third kappa shape index (κ3) is 4.38. The van der Waals surface area contributed by atoms with Gasteiger partial charge in [-0.3, -0.25) is 0 Å². The van der Waals surface area contributed by atoms with Gasteiger partial charge in [-0.15, -0.1) is 11.3 Å². The molecule has 1 saturated heterocycles. The molecule has 0 saturated carbocycles. The fourth-order valence-corrected chi connectivity index (χ4v) is 3.51. The Bertz CT molecular complexity index is 342. The van der Waals surface area contributed by atoms with Crippen LogP contribution in [0, 0.1) is 6.92 Å². The first-order valence-electron chi connectivity index (χ1n) is 7.20. The largest absolute Gasteiger partial charge is 0.314 e. The van der Waals surface area contributed by atoms with Crippen LogP contribution in [0.5, 0.6) is 0 Å². The van der Waals surface area contributed by atoms with Crippen molar-refractivity contribution in [2.45, 2.75) is 45.1 Å². The minimum atomic E-state index is 0.768. The van der Waals surface area contributed by atoms with E-state index in [4.69, 9.17) is 0 Å². The molecule has 2 heterocycles. The highest BCUT2D eigenvalue weighted by Crippen LogP contribution is 2.16. The van der Waals surface area contributed by atoms with Crippen LogP contribution in [0.25, 0.3) is 0 Å². The van der Waals surface area contributed by atoms with Crippen molar-refractivity contribution in [2.24, 2.45) is 0 Å². The molecule has 0 aliphatic carbocycles. The number of hydrogen-bond donors (Lipinski definition) is 1. The Morgan fingerprint density at radius 2 is 2.28 bits per heavy atom. The van der Waals surface area contributed by atoms with Crippen LogP contribution in [0.2, 0.25) is 0 Å². The van der Waals surface area contributed by atoms with Gasteiger partial charge in [-0.05, 0) is 69.8 Å². The highest BCUT2D eigenvalue weighted by molar-refractivity contribution is 7.10. The molecule has 1 aromatic heterocycles. The van der Waals surface area contributed by atoms with Gasteiger partial charge in [0.1, 0.15) is 0 Å². The van der Waals surface area contributed by atoms with E-state index in [-0.39, 0.29) is 0 Å². The number of likely N-dealkylation sites (N-methyl/N-ethyl adjacent to an activating group) is 1. The number of piperidine rings is 1. The molecule has 102 valence electrons. The van der Waals surface area contributed by atoms with Gasteiger partial charge in [-0.2, -0.15) is 0 Å². The highest BCUT2D eigenvalue weighted by atomic mass is 32.1. The Balaban J connectivity index is 1.62. The summed E-state index contributed by atoms with van der Waals surface area (Å²) in [5.74, 6) is 0. The molecule has 0 radical (unpaired) electrons. The van der Waals surface area contributed by atoms with Crippen molar-refractivity contribution in [3.05, 3.63) is 21.9 Å². The smallest absolute Gasteiger partial charge is 0.00871 e. The molecule has 1 aromatic rings. The summed E-state index contributed by atoms with van der Waals surface area (Å²) in [5.41, 5.74) is 1.46. The van der Waals surface area contributed by atoms with E-state index in [2.05, 4.69) is 35.6 Å². The lowest BCUT2D eigenvalue weighted by Gasteiger charge is -2.25. The van der Waals surface area contributed by atoms with Gasteiger partial charge < -0.3 is 10.2 Å². The fourth-order valence-electron chi connectivity index (χ4n) is 2.61. The zero-order chi connectivity index (χ0) is 12.8. The molecule has 3 heteroatoms. The zero-order valence-electron chi connectivity index (χ0n) is 11.7. The first kappa shape index (κ1) is 14.0. The molecular formula is C15H26N2S. The Morgan fingerprint density at radius 3 is 2.94 bits per heavy atom. The second-order valence-electron chi connectivity index (χ2n) is 5.52. The third-order valence-electron chi connectivity index (χ3n) is 3.96. The first-order chi connectivity index (χ1) is 8.75. The van der Waals surface area contributed by atoms with Gasteiger partial charge in [-0.1, -0.05) is 6.42 Å². The van der Waals surface area contributed by atoms with Crippen molar-refractivity contribution in [2.75, 3.05) is 26.7 Å². The van der Waals surface area contributed by atoms with Crippen LogP contribution in [-0.2, 0) is 6.42 Å². The topological polar surface area (TPSA) is 15.3 Å². The van der Waals surface area contributed by atoms with E-state index < -0.39 is 0 Å². The number of hydrogen-bond acceptors (Lipinski definition) is 3. The summed E-state index contributed by atoms with van der Waals surface area (Å²) >= 11 is 1.90. The fraction of sp³-hybridized carbons (Fsp3) is 0.733. The van der Waals surface area contributed by atoms with Crippen LogP contribution in [0.4, 0.5) is 0 Å². The van der Waals surface area contributed by atoms with Gasteiger partial charge in [0, 0.05) is 17.5 Å². The van der Waals surface area contributed by atoms with Crippen LogP contribution in [0.3, 0.4) is 0 Å². The molecule has 1 atom stereocenters. The van der Waals surface area contributed by atoms with Crippen LogP contribution >= 0.6 is 11.3 Å². The molecule has 2 rings (SSSR count). The zero-order valence-corrected chi connectivity index (χ0v) is 12.6. The Labute approximate surface area is 115 Å². The molecule has 0 amide bonds. The molecule has 1 N–H and O–H groups in total. The van der Waals surface area contributed by atoms with E-state index in [1.54, 1.807) is 4.88 Å². The van der Waals surface area contributed by atoms with Crippen molar-refractivity contribution in [3.63, 3.8) is 0 Å². The molecule has 0 spiro atoms. The normalized spacial score (nSPS) is 20.5. The summed E-state index contributed by atoms with van der Waals surface area (Å²) in [6, 6.07) is 3.00. The minimum absolute atomic E-state index is 0.768. The van der Waals surface area contributed by atoms with Gasteiger partial charge in [0.2, 0.25) is 0 Å². The van der Waals surface area contributed by atoms with Crippen LogP contribution in [0.1, 0.15) is 36.1 Å². The quantitative estimate of drug-likeness (QED) is 0.851. The molecule has 1 fully saturated rings. The van der Waals surface area contributed by atoms with Gasteiger partial charge >= 0.3 is 0 Å². The lowest BCUT2D eigenvalue weighted by atomic mass is 10.0. The number of nitrogens with zero attached hydrogens (tertiary/aromatic N) is 1. The Hall–Kier alpha value is -0.380. The van der Waals surface area contributed by atoms with Crippen molar-refractivity contribution < 1.29 is 0 Å². The number of thiophene rings is 1. The maximum atomic E-state index is 3.63. The first-order valence-corrected chi connectivity index (χ1v) is 8.08. The summed E-state index contributed by atoms with van der Waals surface area (Å²) in [5, 5.41) is 5.83. The van der Waals surface area contributed by atoms with Crippen LogP contribution in [0.15, 0.2) is 11.4 Å². The highest BCUT2D eigenvalue weighted by Gasteiger charge is 2.13. The van der Waals surface area contributed by atoms with Gasteiger partial charge in [0.05, 0.1) is 0 Å². The number of nitrogens with one attached hydrogen (secondary N) is 1. The summed E-state index contributed by atoms with van der Waals surface area (Å²) in [7, 11) is 2.26. The van der Waals surface area contributed by atoms with Gasteiger partial charge in [0.15, 0.2) is 0 Å². The standard InChI is InChI=1S/C15H26N2S/c1-13-8-12-18-15(13)7-11-17(2)10-6-14-5-3-4-9-16-14/h8,12,14,16H,3-7,9-11H2,1-2H3. The average molecular weight is 266 g/mol. The van der Waals surface area contributed by atoms with Crippen molar-refractivity contribution in [1.82, 2.24) is 10.2 Å². The second-order valence-corrected chi connectivity index (χ2v) is 6.52. The van der Waals surface area contributed by atoms with Gasteiger partial charge in [-0.25, -0.2) is 0 Å². The Morgan fingerprint density at radius 1 is 1.39 bits per heavy atom. The minimum Gasteiger partial charge on any atom is -0.314 e. The van der Waals surface area contributed by atoms with Gasteiger partial charge in [0.25, 0.3) is 0 Å². The van der Waals surface area contributed by atoms with Crippen molar-refractivity contribution in [3.8, 4) is 0 Å². The molecule has 18 heavy (non-hydrogen) atoms. The maximum Gasteiger partial charge on any atom is 0.00871 e. The summed E-state index contributed by atoms with van der Waals surface area (Å²) in [6.45, 7) is 5.86. The summed E-state index contributed by atoms with van der Waals surface area (Å²) in [6.07, 6.45) is 6.66. The lowest BCUT2D eigenvalue weighted by molar-refractivity contribution is 0.290. The van der Waals surface area contributed by atoms with Crippen LogP contribution < -0.4 is 5.32 Å². The number of aryl methyl sites for hydroxylation is 1. The predicted molar refractivity (Wildman–Crippen MR) is 80.5 cm³/mol. The average Bonchev–Trinajstić information content (AvgIpc) is 2.81. The van der Waals surface area contributed by atoms with E-state index in [0.29, 0.717) is 0 Å². The Kier molecular flexibility index (Phi) is 5.67. The monoisotopic (exact) mass is 266 g/mol. The van der Waals surface area contributed by atoms with E-state index in [9.17, 15) is 0 Å². The summed E-state index contributed by atoms with van der Waals surface area (Å²) in [4.78, 5) is 4.03. The SMILES string of the molecule is Cc1ccsc1CCN(C)CCC1CCCCN1. The molecule has 1 unspecified atom stereocenters. The van der Waals surface area contributed by atoms with Crippen molar-refractivity contribution >= 4 is 11.3 Å². The third-order valence-corrected chi connectivity index (χ3v) is 5.04. The van der Waals surface area contributed by atoms with E-state index in [1.165, 1.54) is 57.3 Å². The van der Waals surface area contributed by atoms with Crippen LogP contribution in [-0.4, -0.2) is 37.6 Å². The molecular weight excluding hydrogens is 240 g/mol. The molecule has 0 aromatic carbocycles. The summed E-state index contributed by atoms with van der Waals surface area (Å²) < 4.78 is 0. The van der Waals surface area contributed by atoms with Crippen molar-refractivity contribution in [1.29, 1.82) is 0 Å². The molecule has 0 bridgehead atoms. The van der Waals surface area contributed by atoms with E-state index in [0.717, 1.165) is 6.04 Å².